The van der Waals surface area contributed by atoms with Gasteiger partial charge < -0.3 is 14.3 Å². The maximum atomic E-state index is 10.1. The minimum absolute atomic E-state index is 0.0998. The summed E-state index contributed by atoms with van der Waals surface area (Å²) in [5.41, 5.74) is 1.88. The van der Waals surface area contributed by atoms with Crippen LogP contribution in [0.4, 0.5) is 0 Å². The fraction of sp³-hybridized carbons (Fsp3) is 1.00. The van der Waals surface area contributed by atoms with Gasteiger partial charge in [0.25, 0.3) is 0 Å². The topological polar surface area (TPSA) is 38.7 Å². The Labute approximate surface area is 190 Å². The number of alkyl halides is 1. The molecule has 3 nitrogen and oxygen atoms in total. The van der Waals surface area contributed by atoms with E-state index >= 15 is 0 Å². The van der Waals surface area contributed by atoms with Crippen LogP contribution in [0.5, 0.6) is 0 Å². The molecule has 0 saturated heterocycles. The summed E-state index contributed by atoms with van der Waals surface area (Å²) in [7, 11) is -1.97. The van der Waals surface area contributed by atoms with Gasteiger partial charge >= 0.3 is 0 Å². The molecule has 172 valence electrons. The summed E-state index contributed by atoms with van der Waals surface area (Å²) in [5.74, 6) is 0. The second kappa shape index (κ2) is 10.5. The summed E-state index contributed by atoms with van der Waals surface area (Å²) in [6.07, 6.45) is 8.22. The third-order valence-corrected chi connectivity index (χ3v) is 15.0. The molecule has 0 heterocycles. The van der Waals surface area contributed by atoms with E-state index in [1.807, 2.05) is 13.8 Å². The van der Waals surface area contributed by atoms with Crippen molar-refractivity contribution in [1.29, 1.82) is 0 Å². The number of hydrogen-bond donors (Lipinski definition) is 1. The van der Waals surface area contributed by atoms with Gasteiger partial charge in [0.1, 0.15) is 0 Å². The van der Waals surface area contributed by atoms with E-state index in [1.54, 1.807) is 0 Å². The molecule has 0 aliphatic heterocycles. The first-order chi connectivity index (χ1) is 13.5. The zero-order chi connectivity index (χ0) is 22.0. The smallest absolute Gasteiger partial charge is 0.200 e. The van der Waals surface area contributed by atoms with Crippen molar-refractivity contribution >= 4 is 24.2 Å². The average molecular weight is 492 g/mol. The van der Waals surface area contributed by atoms with Gasteiger partial charge in [-0.25, -0.2) is 0 Å². The van der Waals surface area contributed by atoms with Crippen LogP contribution in [0.15, 0.2) is 0 Å². The van der Waals surface area contributed by atoms with Crippen molar-refractivity contribution in [2.75, 3.05) is 0 Å². The van der Waals surface area contributed by atoms with E-state index in [0.29, 0.717) is 21.5 Å². The highest BCUT2D eigenvalue weighted by Crippen LogP contribution is 2.55. The molecular weight excluding hydrogens is 444 g/mol. The van der Waals surface area contributed by atoms with Crippen LogP contribution >= 0.6 is 15.9 Å². The van der Waals surface area contributed by atoms with Crippen molar-refractivity contribution in [3.63, 3.8) is 0 Å². The maximum Gasteiger partial charge on any atom is 0.200 e. The first kappa shape index (κ1) is 25.8. The van der Waals surface area contributed by atoms with Crippen molar-refractivity contribution in [1.82, 2.24) is 0 Å². The van der Waals surface area contributed by atoms with Crippen LogP contribution in [0.1, 0.15) is 100 Å². The van der Waals surface area contributed by atoms with Crippen LogP contribution in [0, 0.1) is 5.41 Å². The third-order valence-electron chi connectivity index (χ3n) is 8.12. The zero-order valence-corrected chi connectivity index (χ0v) is 22.8. The molecule has 29 heavy (non-hydrogen) atoms. The molecule has 0 aromatic carbocycles. The molecule has 2 rings (SSSR count). The van der Waals surface area contributed by atoms with Crippen LogP contribution in [0.25, 0.3) is 0 Å². The summed E-state index contributed by atoms with van der Waals surface area (Å²) in [5, 5.41) is 10.1. The molecule has 1 N–H and O–H groups in total. The van der Waals surface area contributed by atoms with E-state index in [-0.39, 0.29) is 23.7 Å². The molecule has 0 aromatic heterocycles. The minimum Gasteiger partial charge on any atom is -0.412 e. The number of rotatable bonds is 8. The summed E-state index contributed by atoms with van der Waals surface area (Å²) < 4.78 is 14.1. The van der Waals surface area contributed by atoms with E-state index in [4.69, 9.17) is 9.16 Å². The number of halogens is 1. The second-order valence-electron chi connectivity index (χ2n) is 10.9. The molecule has 0 unspecified atom stereocenters. The fourth-order valence-electron chi connectivity index (χ4n) is 6.48. The van der Waals surface area contributed by atoms with E-state index in [2.05, 4.69) is 57.5 Å². The number of aliphatic hydroxyl groups is 1. The van der Waals surface area contributed by atoms with Crippen molar-refractivity contribution in [2.24, 2.45) is 5.41 Å². The van der Waals surface area contributed by atoms with E-state index in [0.717, 1.165) is 12.8 Å². The number of aliphatic hydroxyl groups excluding tert-OH is 1. The monoisotopic (exact) mass is 490 g/mol. The largest absolute Gasteiger partial charge is 0.412 e. The molecule has 0 aromatic rings. The molecule has 2 saturated carbocycles. The molecule has 0 amide bonds. The third kappa shape index (κ3) is 5.32. The highest BCUT2D eigenvalue weighted by molar-refractivity contribution is 9.09. The normalized spacial score (nSPS) is 30.3. The quantitative estimate of drug-likeness (QED) is 0.288. The highest BCUT2D eigenvalue weighted by Gasteiger charge is 2.56. The van der Waals surface area contributed by atoms with Crippen molar-refractivity contribution in [3.05, 3.63) is 0 Å². The lowest BCUT2D eigenvalue weighted by molar-refractivity contribution is -0.172. The van der Waals surface area contributed by atoms with Crippen LogP contribution in [0.2, 0.25) is 16.6 Å². The second-order valence-corrected chi connectivity index (χ2v) is 17.6. The Morgan fingerprint density at radius 2 is 1.31 bits per heavy atom. The Bertz CT molecular complexity index is 481. The Morgan fingerprint density at radius 1 is 0.828 bits per heavy atom. The van der Waals surface area contributed by atoms with Gasteiger partial charge in [0.15, 0.2) is 0 Å². The predicted octanol–water partition coefficient (Wildman–Crippen LogP) is 7.21. The van der Waals surface area contributed by atoms with E-state index < -0.39 is 14.4 Å². The molecule has 5 atom stereocenters. The van der Waals surface area contributed by atoms with Gasteiger partial charge in [-0.05, 0) is 56.2 Å². The van der Waals surface area contributed by atoms with E-state index in [1.165, 1.54) is 32.1 Å². The van der Waals surface area contributed by atoms with Crippen LogP contribution in [0.3, 0.4) is 0 Å². The molecule has 2 fully saturated rings. The first-order valence-corrected chi connectivity index (χ1v) is 15.2. The average Bonchev–Trinajstić information content (AvgIpc) is 2.63. The predicted molar refractivity (Wildman–Crippen MR) is 129 cm³/mol. The SMILES string of the molecule is CC(C)[Si](O[C@@H]1C[C@H](Br)C[C@@H](O[C@@H](C)[C@@H](C)O)C12CCCCC2)(C(C)C)C(C)C. The van der Waals surface area contributed by atoms with Gasteiger partial charge in [-0.15, -0.1) is 0 Å². The Morgan fingerprint density at radius 3 is 1.76 bits per heavy atom. The Hall–Kier alpha value is 0.577. The number of hydrogen-bond acceptors (Lipinski definition) is 3. The lowest BCUT2D eigenvalue weighted by atomic mass is 9.62. The van der Waals surface area contributed by atoms with E-state index in [9.17, 15) is 5.11 Å². The lowest BCUT2D eigenvalue weighted by Gasteiger charge is -2.57. The summed E-state index contributed by atoms with van der Waals surface area (Å²) in [6.45, 7) is 18.2. The van der Waals surface area contributed by atoms with Crippen LogP contribution < -0.4 is 0 Å². The molecule has 1 spiro atoms. The molecule has 5 heteroatoms. The van der Waals surface area contributed by atoms with Gasteiger partial charge in [-0.2, -0.15) is 0 Å². The van der Waals surface area contributed by atoms with Crippen molar-refractivity contribution in [3.8, 4) is 0 Å². The minimum atomic E-state index is -1.97. The van der Waals surface area contributed by atoms with Gasteiger partial charge in [-0.3, -0.25) is 0 Å². The van der Waals surface area contributed by atoms with Crippen LogP contribution in [-0.2, 0) is 9.16 Å². The molecule has 2 aliphatic rings. The number of ether oxygens (including phenoxy) is 1. The molecule has 2 aliphatic carbocycles. The van der Waals surface area contributed by atoms with Gasteiger partial charge in [0, 0.05) is 10.2 Å². The molecule has 0 bridgehead atoms. The van der Waals surface area contributed by atoms with Gasteiger partial charge in [0.05, 0.1) is 24.4 Å². The summed E-state index contributed by atoms with van der Waals surface area (Å²) >= 11 is 3.96. The fourth-order valence-corrected chi connectivity index (χ4v) is 12.8. The zero-order valence-electron chi connectivity index (χ0n) is 20.2. The first-order valence-electron chi connectivity index (χ1n) is 12.1. The maximum absolute atomic E-state index is 10.1. The van der Waals surface area contributed by atoms with Gasteiger partial charge in [-0.1, -0.05) is 76.7 Å². The van der Waals surface area contributed by atoms with Gasteiger partial charge in [0.2, 0.25) is 8.32 Å². The summed E-state index contributed by atoms with van der Waals surface area (Å²) in [6, 6.07) is 0. The molecule has 0 radical (unpaired) electrons. The van der Waals surface area contributed by atoms with Crippen LogP contribution in [-0.4, -0.2) is 42.7 Å². The summed E-state index contributed by atoms with van der Waals surface area (Å²) in [4.78, 5) is 0.421. The lowest BCUT2D eigenvalue weighted by Crippen LogP contribution is -2.60. The standard InChI is InChI=1S/C24H47BrO3Si/c1-16(2)29(17(3)4,18(5)6)28-23-15-21(25)14-22(27-20(8)19(7)26)24(23)12-10-9-11-13-24/h16-23,26H,9-15H2,1-8H3/t19-,20+,21-,22-,23-/m1/s1. The molecular formula is C24H47BrO3Si. The Balaban J connectivity index is 2.43. The Kier molecular flexibility index (Phi) is 9.32. The van der Waals surface area contributed by atoms with Crippen molar-refractivity contribution < 1.29 is 14.3 Å². The van der Waals surface area contributed by atoms with Crippen molar-refractivity contribution in [2.45, 2.75) is 146 Å². The highest BCUT2D eigenvalue weighted by atomic mass is 79.9.